The Labute approximate surface area is 178 Å². The van der Waals surface area contributed by atoms with Crippen molar-refractivity contribution in [2.24, 2.45) is 4.99 Å². The molecule has 2 N–H and O–H groups in total. The smallest absolute Gasteiger partial charge is 0.195 e. The summed E-state index contributed by atoms with van der Waals surface area (Å²) in [5, 5.41) is 6.68. The van der Waals surface area contributed by atoms with E-state index in [1.807, 2.05) is 18.2 Å². The largest absolute Gasteiger partial charge is 0.493 e. The molecule has 1 aliphatic rings. The van der Waals surface area contributed by atoms with Crippen molar-refractivity contribution in [3.63, 3.8) is 0 Å². The summed E-state index contributed by atoms with van der Waals surface area (Å²) in [4.78, 5) is 4.84. The minimum Gasteiger partial charge on any atom is -0.493 e. The van der Waals surface area contributed by atoms with Gasteiger partial charge < -0.3 is 20.1 Å². The molecular weight excluding hydrogens is 453 g/mol. The highest BCUT2D eigenvalue weighted by Crippen LogP contribution is 2.48. The predicted molar refractivity (Wildman–Crippen MR) is 122 cm³/mol. The zero-order valence-corrected chi connectivity index (χ0v) is 18.4. The van der Waals surface area contributed by atoms with Gasteiger partial charge in [-0.15, -0.1) is 24.0 Å². The van der Waals surface area contributed by atoms with E-state index in [2.05, 4.69) is 47.9 Å². The van der Waals surface area contributed by atoms with Gasteiger partial charge >= 0.3 is 0 Å². The van der Waals surface area contributed by atoms with Gasteiger partial charge in [0.1, 0.15) is 0 Å². The second kappa shape index (κ2) is 9.82. The number of aliphatic imine (C=N–C) groups is 1. The molecule has 0 unspecified atom stereocenters. The van der Waals surface area contributed by atoms with Crippen molar-refractivity contribution in [2.75, 3.05) is 32.6 Å². The van der Waals surface area contributed by atoms with E-state index in [4.69, 9.17) is 14.5 Å². The van der Waals surface area contributed by atoms with Crippen molar-refractivity contribution >= 4 is 35.6 Å². The molecule has 146 valence electrons. The van der Waals surface area contributed by atoms with E-state index in [1.165, 1.54) is 18.4 Å². The number of nitrogens with one attached hydrogen (secondary N) is 2. The lowest BCUT2D eigenvalue weighted by atomic mass is 9.96. The van der Waals surface area contributed by atoms with E-state index < -0.39 is 0 Å². The number of anilines is 1. The van der Waals surface area contributed by atoms with Crippen LogP contribution in [0.5, 0.6) is 11.5 Å². The molecule has 0 saturated heterocycles. The maximum atomic E-state index is 5.38. The minimum atomic E-state index is 0. The summed E-state index contributed by atoms with van der Waals surface area (Å²) in [5.41, 5.74) is 2.49. The standard InChI is InChI=1S/C21H27N3O2.HI/c1-4-22-20(24-17-10-11-18(25-2)19(14-17)26-3)23-15-21(12-13-21)16-8-6-5-7-9-16;/h5-11,14H,4,12-13,15H2,1-3H3,(H2,22,23,24);1H. The molecule has 3 rings (SSSR count). The van der Waals surface area contributed by atoms with Gasteiger partial charge in [0.15, 0.2) is 17.5 Å². The average Bonchev–Trinajstić information content (AvgIpc) is 3.48. The maximum absolute atomic E-state index is 5.38. The Hall–Kier alpha value is -1.96. The van der Waals surface area contributed by atoms with Crippen LogP contribution < -0.4 is 20.1 Å². The summed E-state index contributed by atoms with van der Waals surface area (Å²) in [6.45, 7) is 3.65. The fourth-order valence-electron chi connectivity index (χ4n) is 3.07. The summed E-state index contributed by atoms with van der Waals surface area (Å²) in [7, 11) is 3.27. The molecule has 0 amide bonds. The molecule has 1 fully saturated rings. The van der Waals surface area contributed by atoms with Crippen molar-refractivity contribution < 1.29 is 9.47 Å². The molecule has 2 aromatic carbocycles. The molecule has 0 atom stereocenters. The maximum Gasteiger partial charge on any atom is 0.195 e. The molecule has 0 spiro atoms. The Balaban J connectivity index is 0.00000261. The molecule has 0 bridgehead atoms. The molecule has 5 nitrogen and oxygen atoms in total. The van der Waals surface area contributed by atoms with Gasteiger partial charge in [0.05, 0.1) is 20.8 Å². The van der Waals surface area contributed by atoms with E-state index in [0.29, 0.717) is 11.5 Å². The lowest BCUT2D eigenvalue weighted by molar-refractivity contribution is 0.355. The van der Waals surface area contributed by atoms with Crippen LogP contribution in [0.25, 0.3) is 0 Å². The molecule has 0 radical (unpaired) electrons. The van der Waals surface area contributed by atoms with Crippen molar-refractivity contribution in [3.8, 4) is 11.5 Å². The molecule has 0 aromatic heterocycles. The van der Waals surface area contributed by atoms with Gasteiger partial charge in [-0.25, -0.2) is 0 Å². The summed E-state index contributed by atoms with van der Waals surface area (Å²) >= 11 is 0. The molecule has 1 saturated carbocycles. The quantitative estimate of drug-likeness (QED) is 0.349. The number of methoxy groups -OCH3 is 2. The third-order valence-corrected chi connectivity index (χ3v) is 4.77. The van der Waals surface area contributed by atoms with E-state index >= 15 is 0 Å². The number of hydrogen-bond acceptors (Lipinski definition) is 3. The number of benzene rings is 2. The van der Waals surface area contributed by atoms with Gasteiger partial charge in [-0.1, -0.05) is 30.3 Å². The third kappa shape index (κ3) is 5.28. The minimum absolute atomic E-state index is 0. The number of hydrogen-bond donors (Lipinski definition) is 2. The molecule has 6 heteroatoms. The van der Waals surface area contributed by atoms with Crippen molar-refractivity contribution in [2.45, 2.75) is 25.2 Å². The monoisotopic (exact) mass is 481 g/mol. The molecule has 0 heterocycles. The average molecular weight is 481 g/mol. The van der Waals surface area contributed by atoms with Crippen LogP contribution in [0.2, 0.25) is 0 Å². The Kier molecular flexibility index (Phi) is 7.77. The topological polar surface area (TPSA) is 54.9 Å². The van der Waals surface area contributed by atoms with Gasteiger partial charge in [0.25, 0.3) is 0 Å². The summed E-state index contributed by atoms with van der Waals surface area (Å²) in [5.74, 6) is 2.18. The lowest BCUT2D eigenvalue weighted by Crippen LogP contribution is -2.31. The van der Waals surface area contributed by atoms with Crippen molar-refractivity contribution in [1.29, 1.82) is 0 Å². The second-order valence-corrected chi connectivity index (χ2v) is 6.54. The van der Waals surface area contributed by atoms with Crippen LogP contribution in [0.3, 0.4) is 0 Å². The van der Waals surface area contributed by atoms with E-state index in [9.17, 15) is 0 Å². The van der Waals surface area contributed by atoms with Crippen molar-refractivity contribution in [1.82, 2.24) is 5.32 Å². The van der Waals surface area contributed by atoms with Crippen LogP contribution in [-0.2, 0) is 5.41 Å². The number of rotatable bonds is 7. The number of halogens is 1. The Morgan fingerprint density at radius 3 is 2.33 bits per heavy atom. The first-order chi connectivity index (χ1) is 12.7. The number of ether oxygens (including phenoxy) is 2. The van der Waals surface area contributed by atoms with Crippen LogP contribution in [0.1, 0.15) is 25.3 Å². The van der Waals surface area contributed by atoms with E-state index in [1.54, 1.807) is 14.2 Å². The van der Waals surface area contributed by atoms with Gasteiger partial charge in [-0.3, -0.25) is 4.99 Å². The van der Waals surface area contributed by atoms with Crippen LogP contribution >= 0.6 is 24.0 Å². The first-order valence-corrected chi connectivity index (χ1v) is 9.03. The highest BCUT2D eigenvalue weighted by Gasteiger charge is 2.43. The van der Waals surface area contributed by atoms with Crippen LogP contribution in [0, 0.1) is 0 Å². The SMILES string of the molecule is CCNC(=NCC1(c2ccccc2)CC1)Nc1ccc(OC)c(OC)c1.I. The predicted octanol–water partition coefficient (Wildman–Crippen LogP) is 4.43. The van der Waals surface area contributed by atoms with Gasteiger partial charge in [-0.2, -0.15) is 0 Å². The summed E-state index contributed by atoms with van der Waals surface area (Å²) in [6, 6.07) is 16.4. The van der Waals surface area contributed by atoms with E-state index in [0.717, 1.165) is 24.7 Å². The molecule has 2 aromatic rings. The number of guanidine groups is 1. The number of nitrogens with zero attached hydrogens (tertiary/aromatic N) is 1. The first-order valence-electron chi connectivity index (χ1n) is 9.03. The molecule has 1 aliphatic carbocycles. The summed E-state index contributed by atoms with van der Waals surface area (Å²) in [6.07, 6.45) is 2.38. The molecular formula is C21H28IN3O2. The van der Waals surface area contributed by atoms with Crippen LogP contribution in [0.4, 0.5) is 5.69 Å². The molecule has 0 aliphatic heterocycles. The van der Waals surface area contributed by atoms with Crippen LogP contribution in [0.15, 0.2) is 53.5 Å². The fourth-order valence-corrected chi connectivity index (χ4v) is 3.07. The Bertz CT molecular complexity index is 761. The summed E-state index contributed by atoms with van der Waals surface area (Å²) < 4.78 is 10.7. The first kappa shape index (κ1) is 21.3. The fraction of sp³-hybridized carbons (Fsp3) is 0.381. The van der Waals surface area contributed by atoms with Crippen LogP contribution in [-0.4, -0.2) is 33.3 Å². The normalized spacial score (nSPS) is 14.7. The second-order valence-electron chi connectivity index (χ2n) is 6.54. The highest BCUT2D eigenvalue weighted by molar-refractivity contribution is 14.0. The van der Waals surface area contributed by atoms with Gasteiger partial charge in [0.2, 0.25) is 0 Å². The zero-order valence-electron chi connectivity index (χ0n) is 16.1. The molecule has 27 heavy (non-hydrogen) atoms. The third-order valence-electron chi connectivity index (χ3n) is 4.77. The zero-order chi connectivity index (χ0) is 18.4. The highest BCUT2D eigenvalue weighted by atomic mass is 127. The Morgan fingerprint density at radius 2 is 1.74 bits per heavy atom. The van der Waals surface area contributed by atoms with Crippen molar-refractivity contribution in [3.05, 3.63) is 54.1 Å². The van der Waals surface area contributed by atoms with Gasteiger partial charge in [0, 0.05) is 23.7 Å². The van der Waals surface area contributed by atoms with Gasteiger partial charge in [-0.05, 0) is 37.5 Å². The van der Waals surface area contributed by atoms with E-state index in [-0.39, 0.29) is 29.4 Å². The Morgan fingerprint density at radius 1 is 1.04 bits per heavy atom. The lowest BCUT2D eigenvalue weighted by Gasteiger charge is -2.16.